The van der Waals surface area contributed by atoms with E-state index in [9.17, 15) is 8.42 Å². The first-order chi connectivity index (χ1) is 6.92. The summed E-state index contributed by atoms with van der Waals surface area (Å²) >= 11 is 0. The molecular weight excluding hydrogens is 220 g/mol. The lowest BCUT2D eigenvalue weighted by atomic mass is 10.4. The average molecular weight is 232 g/mol. The van der Waals surface area contributed by atoms with Crippen LogP contribution in [0.1, 0.15) is 18.9 Å². The van der Waals surface area contributed by atoms with E-state index in [1.54, 1.807) is 13.0 Å². The fraction of sp³-hybridized carbons (Fsp3) is 0.500. The van der Waals surface area contributed by atoms with Crippen LogP contribution in [-0.4, -0.2) is 31.8 Å². The predicted molar refractivity (Wildman–Crippen MR) is 52.9 cm³/mol. The highest BCUT2D eigenvalue weighted by atomic mass is 32.2. The molecular formula is C8H12N2O4S. The second kappa shape index (κ2) is 4.54. The van der Waals surface area contributed by atoms with Crippen LogP contribution in [-0.2, 0) is 14.3 Å². The molecule has 0 saturated heterocycles. The van der Waals surface area contributed by atoms with Crippen molar-refractivity contribution in [1.82, 2.24) is 9.97 Å². The van der Waals surface area contributed by atoms with E-state index in [1.807, 2.05) is 0 Å². The molecule has 0 spiro atoms. The molecule has 0 bridgehead atoms. The summed E-state index contributed by atoms with van der Waals surface area (Å²) in [6.45, 7) is 1.55. The summed E-state index contributed by atoms with van der Waals surface area (Å²) in [6.07, 6.45) is 1.72. The van der Waals surface area contributed by atoms with Crippen molar-refractivity contribution in [2.24, 2.45) is 0 Å². The van der Waals surface area contributed by atoms with Crippen molar-refractivity contribution in [3.05, 3.63) is 18.1 Å². The molecule has 6 nitrogen and oxygen atoms in total. The van der Waals surface area contributed by atoms with E-state index in [1.165, 1.54) is 13.3 Å². The van der Waals surface area contributed by atoms with Crippen molar-refractivity contribution >= 4 is 10.1 Å². The Hall–Kier alpha value is -1.21. The minimum absolute atomic E-state index is 0.264. The lowest BCUT2D eigenvalue weighted by molar-refractivity contribution is 0.224. The Balaban J connectivity index is 2.86. The molecule has 0 fully saturated rings. The first-order valence-electron chi connectivity index (χ1n) is 4.17. The standard InChI is InChI=1S/C8H12N2O4S/c1-6(14-15(3,11)12)8-9-5-4-7(10-8)13-2/h4-6H,1-3H3. The van der Waals surface area contributed by atoms with Crippen molar-refractivity contribution in [3.8, 4) is 5.88 Å². The molecule has 15 heavy (non-hydrogen) atoms. The summed E-state index contributed by atoms with van der Waals surface area (Å²) in [5, 5.41) is 0. The fourth-order valence-corrected chi connectivity index (χ4v) is 1.58. The average Bonchev–Trinajstić information content (AvgIpc) is 2.15. The Morgan fingerprint density at radius 1 is 1.47 bits per heavy atom. The second-order valence-electron chi connectivity index (χ2n) is 2.90. The van der Waals surface area contributed by atoms with Gasteiger partial charge in [0.25, 0.3) is 10.1 Å². The summed E-state index contributed by atoms with van der Waals surface area (Å²) in [5.74, 6) is 0.628. The number of ether oxygens (including phenoxy) is 1. The van der Waals surface area contributed by atoms with E-state index < -0.39 is 16.2 Å². The molecule has 0 aliphatic carbocycles. The largest absolute Gasteiger partial charge is 0.481 e. The molecule has 1 unspecified atom stereocenters. The SMILES string of the molecule is COc1ccnc(C(C)OS(C)(=O)=O)n1. The molecule has 0 aliphatic rings. The molecule has 0 aromatic carbocycles. The van der Waals surface area contributed by atoms with Crippen molar-refractivity contribution < 1.29 is 17.3 Å². The Bertz CT molecular complexity index is 432. The van der Waals surface area contributed by atoms with Gasteiger partial charge in [0.2, 0.25) is 5.88 Å². The number of rotatable bonds is 4. The molecule has 0 amide bonds. The summed E-state index contributed by atoms with van der Waals surface area (Å²) in [5.41, 5.74) is 0. The molecule has 0 aliphatic heterocycles. The van der Waals surface area contributed by atoms with E-state index in [2.05, 4.69) is 9.97 Å². The van der Waals surface area contributed by atoms with Crippen LogP contribution < -0.4 is 4.74 Å². The van der Waals surface area contributed by atoms with E-state index in [0.717, 1.165) is 6.26 Å². The molecule has 84 valence electrons. The van der Waals surface area contributed by atoms with Gasteiger partial charge in [-0.2, -0.15) is 13.4 Å². The van der Waals surface area contributed by atoms with Gasteiger partial charge in [-0.25, -0.2) is 4.98 Å². The summed E-state index contributed by atoms with van der Waals surface area (Å²) < 4.78 is 31.3. The monoisotopic (exact) mass is 232 g/mol. The molecule has 0 radical (unpaired) electrons. The molecule has 0 N–H and O–H groups in total. The summed E-state index contributed by atoms with van der Waals surface area (Å²) in [4.78, 5) is 7.84. The molecule has 1 heterocycles. The van der Waals surface area contributed by atoms with Crippen LogP contribution >= 0.6 is 0 Å². The van der Waals surface area contributed by atoms with Crippen molar-refractivity contribution in [3.63, 3.8) is 0 Å². The van der Waals surface area contributed by atoms with Crippen LogP contribution in [0.4, 0.5) is 0 Å². The third kappa shape index (κ3) is 3.80. The van der Waals surface area contributed by atoms with E-state index >= 15 is 0 Å². The minimum Gasteiger partial charge on any atom is -0.481 e. The minimum atomic E-state index is -3.51. The van der Waals surface area contributed by atoms with Gasteiger partial charge < -0.3 is 4.74 Å². The number of hydrogen-bond acceptors (Lipinski definition) is 6. The second-order valence-corrected chi connectivity index (χ2v) is 4.50. The first kappa shape index (κ1) is 11.9. The van der Waals surface area contributed by atoms with Gasteiger partial charge in [0.05, 0.1) is 13.4 Å². The third-order valence-electron chi connectivity index (χ3n) is 1.54. The Kier molecular flexibility index (Phi) is 3.59. The molecule has 1 atom stereocenters. The van der Waals surface area contributed by atoms with Crippen LogP contribution in [0, 0.1) is 0 Å². The molecule has 7 heteroatoms. The predicted octanol–water partition coefficient (Wildman–Crippen LogP) is 0.522. The van der Waals surface area contributed by atoms with Crippen molar-refractivity contribution in [2.75, 3.05) is 13.4 Å². The van der Waals surface area contributed by atoms with Gasteiger partial charge in [0.1, 0.15) is 6.10 Å². The van der Waals surface area contributed by atoms with Gasteiger partial charge in [-0.15, -0.1) is 0 Å². The van der Waals surface area contributed by atoms with Gasteiger partial charge >= 0.3 is 0 Å². The molecule has 1 aromatic rings. The van der Waals surface area contributed by atoms with Gasteiger partial charge in [-0.05, 0) is 6.92 Å². The molecule has 1 aromatic heterocycles. The zero-order chi connectivity index (χ0) is 11.5. The van der Waals surface area contributed by atoms with Crippen LogP contribution in [0.25, 0.3) is 0 Å². The maximum atomic E-state index is 10.9. The van der Waals surface area contributed by atoms with Gasteiger partial charge in [-0.3, -0.25) is 4.18 Å². The van der Waals surface area contributed by atoms with Crippen LogP contribution in [0.3, 0.4) is 0 Å². The van der Waals surface area contributed by atoms with E-state index in [4.69, 9.17) is 8.92 Å². The smallest absolute Gasteiger partial charge is 0.265 e. The number of methoxy groups -OCH3 is 1. The van der Waals surface area contributed by atoms with Gasteiger partial charge in [-0.1, -0.05) is 0 Å². The van der Waals surface area contributed by atoms with Crippen LogP contribution in [0.2, 0.25) is 0 Å². The third-order valence-corrected chi connectivity index (χ3v) is 2.18. The number of aromatic nitrogens is 2. The Labute approximate surface area is 88.4 Å². The van der Waals surface area contributed by atoms with Crippen molar-refractivity contribution in [1.29, 1.82) is 0 Å². The molecule has 0 saturated carbocycles. The van der Waals surface area contributed by atoms with E-state index in [-0.39, 0.29) is 5.82 Å². The quantitative estimate of drug-likeness (QED) is 0.704. The zero-order valence-corrected chi connectivity index (χ0v) is 9.48. The Morgan fingerprint density at radius 2 is 2.13 bits per heavy atom. The normalized spacial score (nSPS) is 13.5. The Morgan fingerprint density at radius 3 is 2.67 bits per heavy atom. The number of hydrogen-bond donors (Lipinski definition) is 0. The lowest BCUT2D eigenvalue weighted by Gasteiger charge is -2.09. The number of nitrogens with zero attached hydrogens (tertiary/aromatic N) is 2. The van der Waals surface area contributed by atoms with Crippen LogP contribution in [0.15, 0.2) is 12.3 Å². The highest BCUT2D eigenvalue weighted by Gasteiger charge is 2.15. The van der Waals surface area contributed by atoms with Gasteiger partial charge in [0, 0.05) is 12.3 Å². The van der Waals surface area contributed by atoms with Gasteiger partial charge in [0.15, 0.2) is 5.82 Å². The molecule has 1 rings (SSSR count). The fourth-order valence-electron chi connectivity index (χ4n) is 0.971. The topological polar surface area (TPSA) is 78.4 Å². The lowest BCUT2D eigenvalue weighted by Crippen LogP contribution is -2.10. The zero-order valence-electron chi connectivity index (χ0n) is 8.67. The first-order valence-corrected chi connectivity index (χ1v) is 5.99. The van der Waals surface area contributed by atoms with E-state index in [0.29, 0.717) is 5.88 Å². The van der Waals surface area contributed by atoms with Crippen molar-refractivity contribution in [2.45, 2.75) is 13.0 Å². The maximum Gasteiger partial charge on any atom is 0.265 e. The highest BCUT2D eigenvalue weighted by molar-refractivity contribution is 7.86. The highest BCUT2D eigenvalue weighted by Crippen LogP contribution is 2.16. The summed E-state index contributed by atoms with van der Waals surface area (Å²) in [7, 11) is -2.05. The summed E-state index contributed by atoms with van der Waals surface area (Å²) in [6, 6.07) is 1.57. The van der Waals surface area contributed by atoms with Crippen LogP contribution in [0.5, 0.6) is 5.88 Å². The maximum absolute atomic E-state index is 10.9.